The van der Waals surface area contributed by atoms with Crippen LogP contribution in [-0.2, 0) is 0 Å². The number of hydrogen-bond donors (Lipinski definition) is 1. The zero-order valence-corrected chi connectivity index (χ0v) is 10.1. The quantitative estimate of drug-likeness (QED) is 0.755. The standard InChI is InChI=1S/C8H9F2N.2C2H6/c1-5(11)7-3-2-6(9)4-8(7)10;2*1-2/h2-5H,11H2,1H3;2*1-2H3/t5-;;/m0../s1. The van der Waals surface area contributed by atoms with Gasteiger partial charge in [0.1, 0.15) is 11.6 Å². The van der Waals surface area contributed by atoms with E-state index in [-0.39, 0.29) is 0 Å². The summed E-state index contributed by atoms with van der Waals surface area (Å²) in [5, 5.41) is 0. The van der Waals surface area contributed by atoms with Gasteiger partial charge in [-0.3, -0.25) is 0 Å². The first-order valence-electron chi connectivity index (χ1n) is 5.32. The molecule has 1 nitrogen and oxygen atoms in total. The summed E-state index contributed by atoms with van der Waals surface area (Å²) in [6, 6.07) is 2.99. The minimum absolute atomic E-state index is 0.339. The molecule has 0 spiro atoms. The molecule has 1 aromatic rings. The SMILES string of the molecule is CC.CC.C[C@H](N)c1ccc(F)cc1F. The maximum absolute atomic E-state index is 12.8. The molecule has 0 heterocycles. The Morgan fingerprint density at radius 1 is 1.07 bits per heavy atom. The van der Waals surface area contributed by atoms with Crippen molar-refractivity contribution in [3.63, 3.8) is 0 Å². The van der Waals surface area contributed by atoms with E-state index in [0.29, 0.717) is 5.56 Å². The summed E-state index contributed by atoms with van der Waals surface area (Å²) < 4.78 is 25.1. The van der Waals surface area contributed by atoms with Gasteiger partial charge in [-0.2, -0.15) is 0 Å². The molecule has 0 radical (unpaired) electrons. The second-order valence-corrected chi connectivity index (χ2v) is 2.45. The normalized spacial score (nSPS) is 10.4. The Balaban J connectivity index is 0. The molecule has 0 aliphatic heterocycles. The zero-order chi connectivity index (χ0) is 12.4. The van der Waals surface area contributed by atoms with Crippen LogP contribution in [0.1, 0.15) is 46.2 Å². The Morgan fingerprint density at radius 3 is 1.87 bits per heavy atom. The lowest BCUT2D eigenvalue weighted by Gasteiger charge is -2.05. The summed E-state index contributed by atoms with van der Waals surface area (Å²) in [4.78, 5) is 0. The molecule has 0 saturated carbocycles. The fraction of sp³-hybridized carbons (Fsp3) is 0.500. The molecule has 0 amide bonds. The van der Waals surface area contributed by atoms with Crippen molar-refractivity contribution in [3.05, 3.63) is 35.4 Å². The molecule has 3 heteroatoms. The lowest BCUT2D eigenvalue weighted by molar-refractivity contribution is 0.562. The van der Waals surface area contributed by atoms with Gasteiger partial charge in [0.25, 0.3) is 0 Å². The molecular weight excluding hydrogens is 196 g/mol. The predicted molar refractivity (Wildman–Crippen MR) is 61.7 cm³/mol. The maximum Gasteiger partial charge on any atom is 0.130 e. The Hall–Kier alpha value is -0.960. The van der Waals surface area contributed by atoms with Crippen LogP contribution in [0.25, 0.3) is 0 Å². The second-order valence-electron chi connectivity index (χ2n) is 2.45. The number of nitrogens with two attached hydrogens (primary N) is 1. The smallest absolute Gasteiger partial charge is 0.130 e. The van der Waals surface area contributed by atoms with Crippen LogP contribution >= 0.6 is 0 Å². The first-order chi connectivity index (χ1) is 7.11. The molecule has 2 N–H and O–H groups in total. The molecule has 1 rings (SSSR count). The molecule has 88 valence electrons. The van der Waals surface area contributed by atoms with Gasteiger partial charge in [0, 0.05) is 17.7 Å². The average Bonchev–Trinajstić information content (AvgIpc) is 2.23. The van der Waals surface area contributed by atoms with Gasteiger partial charge in [0.2, 0.25) is 0 Å². The number of halogens is 2. The molecule has 0 bridgehead atoms. The van der Waals surface area contributed by atoms with E-state index in [1.54, 1.807) is 6.92 Å². The molecule has 0 fully saturated rings. The molecule has 0 unspecified atom stereocenters. The minimum atomic E-state index is -0.583. The van der Waals surface area contributed by atoms with Crippen molar-refractivity contribution in [2.75, 3.05) is 0 Å². The predicted octanol–water partition coefficient (Wildman–Crippen LogP) is 4.04. The first kappa shape index (κ1) is 16.5. The third-order valence-electron chi connectivity index (χ3n) is 1.45. The third-order valence-corrected chi connectivity index (χ3v) is 1.45. The highest BCUT2D eigenvalue weighted by Gasteiger charge is 2.06. The number of hydrogen-bond acceptors (Lipinski definition) is 1. The summed E-state index contributed by atoms with van der Waals surface area (Å²) >= 11 is 0. The van der Waals surface area contributed by atoms with Crippen LogP contribution in [0.2, 0.25) is 0 Å². The van der Waals surface area contributed by atoms with Crippen LogP contribution in [-0.4, -0.2) is 0 Å². The topological polar surface area (TPSA) is 26.0 Å². The third kappa shape index (κ3) is 6.18. The Bertz CT molecular complexity index is 260. The average molecular weight is 217 g/mol. The highest BCUT2D eigenvalue weighted by Crippen LogP contribution is 2.14. The van der Waals surface area contributed by atoms with E-state index in [9.17, 15) is 8.78 Å². The van der Waals surface area contributed by atoms with Crippen LogP contribution < -0.4 is 5.73 Å². The van der Waals surface area contributed by atoms with Gasteiger partial charge in [0.05, 0.1) is 0 Å². The van der Waals surface area contributed by atoms with E-state index in [2.05, 4.69) is 0 Å². The highest BCUT2D eigenvalue weighted by atomic mass is 19.1. The van der Waals surface area contributed by atoms with Crippen LogP contribution in [0.15, 0.2) is 18.2 Å². The summed E-state index contributed by atoms with van der Waals surface area (Å²) in [5.74, 6) is -1.16. The lowest BCUT2D eigenvalue weighted by Crippen LogP contribution is -2.07. The Labute approximate surface area is 91.3 Å². The van der Waals surface area contributed by atoms with Crippen molar-refractivity contribution in [2.45, 2.75) is 40.7 Å². The van der Waals surface area contributed by atoms with Crippen molar-refractivity contribution in [1.29, 1.82) is 0 Å². The Kier molecular flexibility index (Phi) is 10.5. The minimum Gasteiger partial charge on any atom is -0.324 e. The van der Waals surface area contributed by atoms with Gasteiger partial charge >= 0.3 is 0 Å². The fourth-order valence-corrected chi connectivity index (χ4v) is 0.871. The van der Waals surface area contributed by atoms with E-state index >= 15 is 0 Å². The van der Waals surface area contributed by atoms with E-state index in [1.165, 1.54) is 12.1 Å². The van der Waals surface area contributed by atoms with Crippen molar-refractivity contribution in [3.8, 4) is 0 Å². The molecule has 1 atom stereocenters. The van der Waals surface area contributed by atoms with Crippen molar-refractivity contribution in [1.82, 2.24) is 0 Å². The summed E-state index contributed by atoms with van der Waals surface area (Å²) in [7, 11) is 0. The molecule has 0 aliphatic carbocycles. The summed E-state index contributed by atoms with van der Waals surface area (Å²) in [6.07, 6.45) is 0. The van der Waals surface area contributed by atoms with E-state index in [4.69, 9.17) is 5.73 Å². The zero-order valence-electron chi connectivity index (χ0n) is 10.1. The van der Waals surface area contributed by atoms with E-state index in [0.717, 1.165) is 6.07 Å². The molecule has 0 aliphatic rings. The fourth-order valence-electron chi connectivity index (χ4n) is 0.871. The van der Waals surface area contributed by atoms with Crippen LogP contribution in [0.3, 0.4) is 0 Å². The van der Waals surface area contributed by atoms with Gasteiger partial charge in [-0.1, -0.05) is 33.8 Å². The molecular formula is C12H21F2N. The van der Waals surface area contributed by atoms with E-state index in [1.807, 2.05) is 27.7 Å². The Morgan fingerprint density at radius 2 is 1.53 bits per heavy atom. The van der Waals surface area contributed by atoms with Gasteiger partial charge < -0.3 is 5.73 Å². The highest BCUT2D eigenvalue weighted by molar-refractivity contribution is 5.20. The van der Waals surface area contributed by atoms with Gasteiger partial charge in [-0.05, 0) is 13.0 Å². The van der Waals surface area contributed by atoms with Crippen molar-refractivity contribution >= 4 is 0 Å². The van der Waals surface area contributed by atoms with Gasteiger partial charge in [-0.25, -0.2) is 8.78 Å². The molecule has 0 aromatic heterocycles. The first-order valence-corrected chi connectivity index (χ1v) is 5.32. The van der Waals surface area contributed by atoms with E-state index < -0.39 is 17.7 Å². The molecule has 0 saturated heterocycles. The maximum atomic E-state index is 12.8. The largest absolute Gasteiger partial charge is 0.324 e. The lowest BCUT2D eigenvalue weighted by atomic mass is 10.1. The van der Waals surface area contributed by atoms with Crippen molar-refractivity contribution in [2.24, 2.45) is 5.73 Å². The second kappa shape index (κ2) is 9.59. The van der Waals surface area contributed by atoms with Gasteiger partial charge in [0.15, 0.2) is 0 Å². The summed E-state index contributed by atoms with van der Waals surface area (Å²) in [5.41, 5.74) is 5.74. The molecule has 15 heavy (non-hydrogen) atoms. The summed E-state index contributed by atoms with van der Waals surface area (Å²) in [6.45, 7) is 9.65. The number of benzene rings is 1. The van der Waals surface area contributed by atoms with Crippen LogP contribution in [0, 0.1) is 11.6 Å². The number of rotatable bonds is 1. The van der Waals surface area contributed by atoms with Crippen LogP contribution in [0.5, 0.6) is 0 Å². The monoisotopic (exact) mass is 217 g/mol. The van der Waals surface area contributed by atoms with Crippen LogP contribution in [0.4, 0.5) is 8.78 Å². The van der Waals surface area contributed by atoms with Crippen molar-refractivity contribution < 1.29 is 8.78 Å². The molecule has 1 aromatic carbocycles. The van der Waals surface area contributed by atoms with Gasteiger partial charge in [-0.15, -0.1) is 0 Å².